The zero-order valence-electron chi connectivity index (χ0n) is 19.2. The molecular formula is C25H29NO7. The highest BCUT2D eigenvalue weighted by Gasteiger charge is 2.46. The van der Waals surface area contributed by atoms with Crippen LogP contribution in [0.5, 0.6) is 17.2 Å². The molecule has 1 aliphatic heterocycles. The Bertz CT molecular complexity index is 1060. The number of hydrogen-bond acceptors (Lipinski definition) is 7. The molecule has 8 heteroatoms. The molecule has 0 spiro atoms. The smallest absolute Gasteiger partial charge is 0.295 e. The summed E-state index contributed by atoms with van der Waals surface area (Å²) in [4.78, 5) is 27.4. The van der Waals surface area contributed by atoms with Crippen molar-refractivity contribution in [2.24, 2.45) is 0 Å². The van der Waals surface area contributed by atoms with E-state index in [0.29, 0.717) is 35.7 Å². The molecule has 0 aromatic heterocycles. The second-order valence-corrected chi connectivity index (χ2v) is 7.93. The van der Waals surface area contributed by atoms with Crippen molar-refractivity contribution in [3.8, 4) is 17.2 Å². The maximum absolute atomic E-state index is 13.1. The van der Waals surface area contributed by atoms with Crippen molar-refractivity contribution in [2.75, 3.05) is 27.4 Å². The highest BCUT2D eigenvalue weighted by molar-refractivity contribution is 6.46. The second kappa shape index (κ2) is 10.4. The predicted molar refractivity (Wildman–Crippen MR) is 122 cm³/mol. The number of aromatic hydroxyl groups is 1. The minimum atomic E-state index is -0.857. The highest BCUT2D eigenvalue weighted by atomic mass is 16.5. The molecule has 176 valence electrons. The van der Waals surface area contributed by atoms with E-state index in [0.717, 1.165) is 0 Å². The molecule has 1 unspecified atom stereocenters. The number of rotatable bonds is 9. The van der Waals surface area contributed by atoms with Gasteiger partial charge in [0.1, 0.15) is 11.5 Å². The number of ketones is 1. The lowest BCUT2D eigenvalue weighted by Crippen LogP contribution is -2.31. The zero-order valence-corrected chi connectivity index (χ0v) is 19.2. The summed E-state index contributed by atoms with van der Waals surface area (Å²) in [5, 5.41) is 21.2. The summed E-state index contributed by atoms with van der Waals surface area (Å²) < 4.78 is 16.1. The fourth-order valence-corrected chi connectivity index (χ4v) is 3.85. The van der Waals surface area contributed by atoms with E-state index in [1.165, 1.54) is 37.3 Å². The minimum Gasteiger partial charge on any atom is -0.508 e. The second-order valence-electron chi connectivity index (χ2n) is 7.93. The molecule has 1 aliphatic rings. The summed E-state index contributed by atoms with van der Waals surface area (Å²) in [5.41, 5.74) is 0.766. The number of aliphatic hydroxyl groups excluding tert-OH is 1. The number of amides is 1. The lowest BCUT2D eigenvalue weighted by atomic mass is 9.95. The largest absolute Gasteiger partial charge is 0.508 e. The van der Waals surface area contributed by atoms with Gasteiger partial charge in [-0.05, 0) is 56.2 Å². The molecule has 2 aromatic carbocycles. The number of methoxy groups -OCH3 is 2. The van der Waals surface area contributed by atoms with E-state index < -0.39 is 17.7 Å². The summed E-state index contributed by atoms with van der Waals surface area (Å²) in [6.45, 7) is 4.51. The van der Waals surface area contributed by atoms with Crippen molar-refractivity contribution in [3.05, 3.63) is 59.2 Å². The first-order valence-electron chi connectivity index (χ1n) is 10.7. The van der Waals surface area contributed by atoms with Gasteiger partial charge in [-0.3, -0.25) is 9.59 Å². The number of ether oxygens (including phenoxy) is 3. The van der Waals surface area contributed by atoms with Crippen LogP contribution in [0.15, 0.2) is 48.0 Å². The fourth-order valence-electron chi connectivity index (χ4n) is 3.85. The monoisotopic (exact) mass is 455 g/mol. The Morgan fingerprint density at radius 3 is 2.42 bits per heavy atom. The molecule has 1 heterocycles. The van der Waals surface area contributed by atoms with Gasteiger partial charge in [0.25, 0.3) is 11.7 Å². The molecule has 3 rings (SSSR count). The molecular weight excluding hydrogens is 426 g/mol. The molecule has 2 aromatic rings. The van der Waals surface area contributed by atoms with E-state index in [9.17, 15) is 19.8 Å². The molecule has 33 heavy (non-hydrogen) atoms. The summed E-state index contributed by atoms with van der Waals surface area (Å²) in [5.74, 6) is -1.01. The van der Waals surface area contributed by atoms with Crippen LogP contribution >= 0.6 is 0 Å². The SMILES string of the molecule is COc1ccc(/C(O)=C2/C(=O)C(=O)N(CCCOC(C)C)C2c2cccc(O)c2)cc1OC. The zero-order chi connectivity index (χ0) is 24.1. The van der Waals surface area contributed by atoms with E-state index in [-0.39, 0.29) is 29.7 Å². The molecule has 1 atom stereocenters. The van der Waals surface area contributed by atoms with Crippen LogP contribution in [0, 0.1) is 0 Å². The van der Waals surface area contributed by atoms with Crippen LogP contribution in [0.25, 0.3) is 5.76 Å². The normalized spacial score (nSPS) is 17.6. The number of benzene rings is 2. The summed E-state index contributed by atoms with van der Waals surface area (Å²) in [7, 11) is 2.96. The molecule has 0 aliphatic carbocycles. The van der Waals surface area contributed by atoms with Crippen molar-refractivity contribution in [2.45, 2.75) is 32.4 Å². The molecule has 2 N–H and O–H groups in total. The van der Waals surface area contributed by atoms with Crippen LogP contribution in [0.1, 0.15) is 37.4 Å². The third-order valence-corrected chi connectivity index (χ3v) is 5.38. The molecule has 1 fully saturated rings. The Morgan fingerprint density at radius 1 is 1.06 bits per heavy atom. The molecule has 1 saturated heterocycles. The van der Waals surface area contributed by atoms with Crippen LogP contribution in [0.2, 0.25) is 0 Å². The average molecular weight is 456 g/mol. The topological polar surface area (TPSA) is 106 Å². The van der Waals surface area contributed by atoms with Crippen LogP contribution in [-0.4, -0.2) is 60.3 Å². The van der Waals surface area contributed by atoms with Crippen molar-refractivity contribution in [3.63, 3.8) is 0 Å². The first-order valence-corrected chi connectivity index (χ1v) is 10.7. The van der Waals surface area contributed by atoms with Crippen molar-refractivity contribution in [1.29, 1.82) is 0 Å². The predicted octanol–water partition coefficient (Wildman–Crippen LogP) is 3.65. The van der Waals surface area contributed by atoms with Gasteiger partial charge in [-0.25, -0.2) is 0 Å². The average Bonchev–Trinajstić information content (AvgIpc) is 3.05. The first kappa shape index (κ1) is 24.1. The number of carbonyl (C=O) groups excluding carboxylic acids is 2. The van der Waals surface area contributed by atoms with Crippen LogP contribution in [0.4, 0.5) is 0 Å². The third-order valence-electron chi connectivity index (χ3n) is 5.38. The van der Waals surface area contributed by atoms with Crippen molar-refractivity contribution >= 4 is 17.4 Å². The lowest BCUT2D eigenvalue weighted by molar-refractivity contribution is -0.140. The molecule has 0 radical (unpaired) electrons. The number of aliphatic hydroxyl groups is 1. The van der Waals surface area contributed by atoms with Gasteiger partial charge in [-0.2, -0.15) is 0 Å². The maximum atomic E-state index is 13.1. The highest BCUT2D eigenvalue weighted by Crippen LogP contribution is 2.41. The van der Waals surface area contributed by atoms with Gasteiger partial charge in [0.15, 0.2) is 11.5 Å². The number of phenolic OH excluding ortho intramolecular Hbond substituents is 1. The number of hydrogen-bond donors (Lipinski definition) is 2. The summed E-state index contributed by atoms with van der Waals surface area (Å²) in [6.07, 6.45) is 0.559. The molecule has 1 amide bonds. The Balaban J connectivity index is 2.07. The van der Waals surface area contributed by atoms with E-state index >= 15 is 0 Å². The van der Waals surface area contributed by atoms with Crippen LogP contribution in [-0.2, 0) is 14.3 Å². The number of carbonyl (C=O) groups is 2. The van der Waals surface area contributed by atoms with Gasteiger partial charge < -0.3 is 29.3 Å². The van der Waals surface area contributed by atoms with E-state index in [2.05, 4.69) is 0 Å². The fraction of sp³-hybridized carbons (Fsp3) is 0.360. The van der Waals surface area contributed by atoms with Gasteiger partial charge in [-0.15, -0.1) is 0 Å². The van der Waals surface area contributed by atoms with Gasteiger partial charge in [0.05, 0.1) is 31.9 Å². The van der Waals surface area contributed by atoms with Crippen molar-refractivity contribution in [1.82, 2.24) is 4.90 Å². The Hall–Kier alpha value is -3.52. The number of Topliss-reactive ketones (excluding diaryl/α,β-unsaturated/α-hetero) is 1. The summed E-state index contributed by atoms with van der Waals surface area (Å²) in [6, 6.07) is 10.2. The van der Waals surface area contributed by atoms with Gasteiger partial charge in [0.2, 0.25) is 0 Å². The molecule has 0 saturated carbocycles. The van der Waals surface area contributed by atoms with Gasteiger partial charge >= 0.3 is 0 Å². The number of phenols is 1. The Labute approximate surface area is 193 Å². The van der Waals surface area contributed by atoms with E-state index in [1.807, 2.05) is 13.8 Å². The van der Waals surface area contributed by atoms with Crippen LogP contribution < -0.4 is 9.47 Å². The number of likely N-dealkylation sites (tertiary alicyclic amines) is 1. The van der Waals surface area contributed by atoms with E-state index in [4.69, 9.17) is 14.2 Å². The standard InChI is InChI=1S/C25H29NO7/c1-15(2)33-12-6-11-26-22(16-7-5-8-18(27)13-16)21(24(29)25(26)30)23(28)17-9-10-19(31-3)20(14-17)32-4/h5,7-10,13-15,22,27-28H,6,11-12H2,1-4H3/b23-21-. The number of nitrogens with zero attached hydrogens (tertiary/aromatic N) is 1. The Kier molecular flexibility index (Phi) is 7.60. The molecule has 0 bridgehead atoms. The Morgan fingerprint density at radius 2 is 1.79 bits per heavy atom. The van der Waals surface area contributed by atoms with Gasteiger partial charge in [0, 0.05) is 18.7 Å². The minimum absolute atomic E-state index is 0.00709. The van der Waals surface area contributed by atoms with Gasteiger partial charge in [-0.1, -0.05) is 12.1 Å². The third kappa shape index (κ3) is 5.12. The summed E-state index contributed by atoms with van der Waals surface area (Å²) >= 11 is 0. The van der Waals surface area contributed by atoms with Crippen molar-refractivity contribution < 1.29 is 34.0 Å². The van der Waals surface area contributed by atoms with Crippen LogP contribution in [0.3, 0.4) is 0 Å². The maximum Gasteiger partial charge on any atom is 0.295 e. The lowest BCUT2D eigenvalue weighted by Gasteiger charge is -2.25. The molecule has 8 nitrogen and oxygen atoms in total. The quantitative estimate of drug-likeness (QED) is 0.257. The van der Waals surface area contributed by atoms with E-state index in [1.54, 1.807) is 24.3 Å². The first-order chi connectivity index (χ1) is 15.8.